The van der Waals surface area contributed by atoms with Crippen LogP contribution in [-0.2, 0) is 16.1 Å². The Morgan fingerprint density at radius 3 is 2.41 bits per heavy atom. The lowest BCUT2D eigenvalue weighted by Gasteiger charge is -2.42. The fraction of sp³-hybridized carbons (Fsp3) is 0.367. The normalized spacial score (nSPS) is 18.2. The Kier molecular flexibility index (Phi) is 9.07. The van der Waals surface area contributed by atoms with Crippen LogP contribution in [0.5, 0.6) is 17.2 Å². The summed E-state index contributed by atoms with van der Waals surface area (Å²) >= 11 is 0. The Hall–Kier alpha value is -3.24. The molecule has 2 N–H and O–H groups in total. The topological polar surface area (TPSA) is 97.7 Å². The van der Waals surface area contributed by atoms with Crippen molar-refractivity contribution >= 4 is 16.7 Å². The van der Waals surface area contributed by atoms with Crippen LogP contribution in [0, 0.1) is 6.92 Å². The summed E-state index contributed by atoms with van der Waals surface area (Å²) in [4.78, 5) is 13.1. The Bertz CT molecular complexity index is 1290. The number of carbonyl (C=O) groups is 1. The van der Waals surface area contributed by atoms with Gasteiger partial charge in [0.05, 0.1) is 33.8 Å². The number of carbonyl (C=O) groups excluding carboxylic acids is 1. The SMILES string of the molecule is CCOC(=O)CC(c1cc(OC)cc(OC)c1)c1ccc(C)c(CN2C[C@@H](C)Oc3ccccc3S2(O)O)c1. The smallest absolute Gasteiger partial charge is 0.306 e. The molecule has 3 aromatic rings. The Labute approximate surface area is 231 Å². The van der Waals surface area contributed by atoms with Gasteiger partial charge in [0.15, 0.2) is 0 Å². The molecular weight excluding hydrogens is 518 g/mol. The number of methoxy groups -OCH3 is 2. The quantitative estimate of drug-likeness (QED) is 0.293. The fourth-order valence-electron chi connectivity index (χ4n) is 4.83. The van der Waals surface area contributed by atoms with E-state index in [1.165, 1.54) is 0 Å². The molecule has 9 heteroatoms. The molecule has 3 aromatic carbocycles. The van der Waals surface area contributed by atoms with Gasteiger partial charge in [-0.15, -0.1) is 10.8 Å². The van der Waals surface area contributed by atoms with Gasteiger partial charge in [-0.05, 0) is 67.3 Å². The van der Waals surface area contributed by atoms with Crippen molar-refractivity contribution < 1.29 is 32.8 Å². The third kappa shape index (κ3) is 6.50. The van der Waals surface area contributed by atoms with E-state index in [1.54, 1.807) is 49.7 Å². The summed E-state index contributed by atoms with van der Waals surface area (Å²) in [6, 6.07) is 18.7. The maximum absolute atomic E-state index is 12.7. The summed E-state index contributed by atoms with van der Waals surface area (Å²) in [5.41, 5.74) is 3.67. The van der Waals surface area contributed by atoms with E-state index in [0.29, 0.717) is 35.3 Å². The highest BCUT2D eigenvalue weighted by Crippen LogP contribution is 2.57. The molecule has 210 valence electrons. The van der Waals surface area contributed by atoms with Gasteiger partial charge in [-0.2, -0.15) is 4.31 Å². The molecule has 0 spiro atoms. The fourth-order valence-corrected chi connectivity index (χ4v) is 6.49. The summed E-state index contributed by atoms with van der Waals surface area (Å²) in [5, 5.41) is 0. The molecule has 1 aliphatic rings. The van der Waals surface area contributed by atoms with Gasteiger partial charge in [-0.1, -0.05) is 30.3 Å². The molecule has 0 saturated carbocycles. The summed E-state index contributed by atoms with van der Waals surface area (Å²) in [6.45, 7) is 6.61. The third-order valence-electron chi connectivity index (χ3n) is 6.87. The molecule has 4 rings (SSSR count). The van der Waals surface area contributed by atoms with E-state index in [4.69, 9.17) is 18.9 Å². The Morgan fingerprint density at radius 2 is 1.74 bits per heavy atom. The van der Waals surface area contributed by atoms with Crippen LogP contribution < -0.4 is 14.2 Å². The maximum Gasteiger partial charge on any atom is 0.306 e. The van der Waals surface area contributed by atoms with Crippen molar-refractivity contribution in [3.8, 4) is 17.2 Å². The zero-order valence-corrected chi connectivity index (χ0v) is 23.9. The van der Waals surface area contributed by atoms with Gasteiger partial charge in [-0.25, -0.2) is 0 Å². The highest BCUT2D eigenvalue weighted by Gasteiger charge is 2.34. The van der Waals surface area contributed by atoms with Crippen molar-refractivity contribution in [2.75, 3.05) is 27.4 Å². The molecule has 0 fully saturated rings. The Balaban J connectivity index is 1.74. The second kappa shape index (κ2) is 12.3. The van der Waals surface area contributed by atoms with E-state index < -0.39 is 10.8 Å². The maximum atomic E-state index is 12.7. The third-order valence-corrected chi connectivity index (χ3v) is 8.79. The van der Waals surface area contributed by atoms with Crippen LogP contribution in [0.15, 0.2) is 65.6 Å². The van der Waals surface area contributed by atoms with Crippen molar-refractivity contribution in [2.24, 2.45) is 0 Å². The zero-order valence-electron chi connectivity index (χ0n) is 23.0. The van der Waals surface area contributed by atoms with Crippen LogP contribution in [-0.4, -0.2) is 52.9 Å². The highest BCUT2D eigenvalue weighted by molar-refractivity contribution is 8.22. The first-order valence-corrected chi connectivity index (χ1v) is 14.4. The minimum absolute atomic E-state index is 0.129. The average Bonchev–Trinajstić information content (AvgIpc) is 3.01. The van der Waals surface area contributed by atoms with Crippen molar-refractivity contribution in [1.82, 2.24) is 4.31 Å². The molecule has 1 heterocycles. The molecule has 2 atom stereocenters. The predicted octanol–water partition coefficient (Wildman–Crippen LogP) is 6.40. The summed E-state index contributed by atoms with van der Waals surface area (Å²) < 4.78 is 46.7. The predicted molar refractivity (Wildman–Crippen MR) is 152 cm³/mol. The number of fused-ring (bicyclic) bond motifs is 1. The minimum atomic E-state index is -3.30. The standard InChI is InChI=1S/C30H37NO7S/c1-6-37-30(32)17-27(23-14-25(35-4)16-26(15-23)36-5)22-12-11-20(2)24(13-22)19-31-18-21(3)38-28-9-7-8-10-29(28)39(31,33)34/h7-16,21,27,33-34H,6,17-19H2,1-5H3/t21-,27?/m1/s1. The molecule has 39 heavy (non-hydrogen) atoms. The summed E-state index contributed by atoms with van der Waals surface area (Å²) in [5.74, 6) is 1.09. The molecule has 0 bridgehead atoms. The van der Waals surface area contributed by atoms with Gasteiger partial charge in [0.1, 0.15) is 28.2 Å². The number of aryl methyl sites for hydroxylation is 1. The molecule has 1 aliphatic heterocycles. The molecule has 8 nitrogen and oxygen atoms in total. The number of hydrogen-bond donors (Lipinski definition) is 2. The molecule has 0 aromatic heterocycles. The van der Waals surface area contributed by atoms with Crippen molar-refractivity contribution in [3.63, 3.8) is 0 Å². The van der Waals surface area contributed by atoms with Crippen molar-refractivity contribution in [2.45, 2.75) is 50.7 Å². The van der Waals surface area contributed by atoms with E-state index in [9.17, 15) is 13.9 Å². The van der Waals surface area contributed by atoms with E-state index in [2.05, 4.69) is 0 Å². The van der Waals surface area contributed by atoms with Gasteiger partial charge in [0.25, 0.3) is 0 Å². The van der Waals surface area contributed by atoms with Gasteiger partial charge in [0, 0.05) is 18.5 Å². The molecule has 1 unspecified atom stereocenters. The van der Waals surface area contributed by atoms with Crippen molar-refractivity contribution in [3.05, 3.63) is 82.9 Å². The average molecular weight is 556 g/mol. The molecule has 0 amide bonds. The first-order valence-electron chi connectivity index (χ1n) is 12.9. The van der Waals surface area contributed by atoms with Crippen LogP contribution in [0.25, 0.3) is 0 Å². The molecule has 0 saturated heterocycles. The number of ether oxygens (including phenoxy) is 4. The lowest BCUT2D eigenvalue weighted by molar-refractivity contribution is -0.143. The number of nitrogens with zero attached hydrogens (tertiary/aromatic N) is 1. The first kappa shape index (κ1) is 28.8. The van der Waals surface area contributed by atoms with Crippen LogP contribution in [0.3, 0.4) is 0 Å². The van der Waals surface area contributed by atoms with Gasteiger partial charge >= 0.3 is 5.97 Å². The number of rotatable bonds is 9. The van der Waals surface area contributed by atoms with Crippen LogP contribution in [0.1, 0.15) is 48.4 Å². The van der Waals surface area contributed by atoms with E-state index in [0.717, 1.165) is 22.3 Å². The van der Waals surface area contributed by atoms with Crippen LogP contribution >= 0.6 is 10.8 Å². The van der Waals surface area contributed by atoms with Gasteiger partial charge in [-0.3, -0.25) is 13.9 Å². The van der Waals surface area contributed by atoms with E-state index in [-0.39, 0.29) is 31.0 Å². The largest absolute Gasteiger partial charge is 0.497 e. The van der Waals surface area contributed by atoms with E-state index >= 15 is 0 Å². The summed E-state index contributed by atoms with van der Waals surface area (Å²) in [6.07, 6.45) is -0.117. The lowest BCUT2D eigenvalue weighted by atomic mass is 9.86. The number of benzene rings is 3. The Morgan fingerprint density at radius 1 is 1.05 bits per heavy atom. The second-order valence-corrected chi connectivity index (χ2v) is 11.6. The van der Waals surface area contributed by atoms with Crippen LogP contribution in [0.4, 0.5) is 0 Å². The molecule has 0 aliphatic carbocycles. The van der Waals surface area contributed by atoms with Crippen LogP contribution in [0.2, 0.25) is 0 Å². The first-order chi connectivity index (χ1) is 18.7. The number of hydrogen-bond acceptors (Lipinski definition) is 8. The number of esters is 1. The molecule has 0 radical (unpaired) electrons. The minimum Gasteiger partial charge on any atom is -0.497 e. The number of para-hydroxylation sites is 1. The monoisotopic (exact) mass is 555 g/mol. The zero-order chi connectivity index (χ0) is 28.2. The van der Waals surface area contributed by atoms with Gasteiger partial charge < -0.3 is 18.9 Å². The van der Waals surface area contributed by atoms with Crippen molar-refractivity contribution in [1.29, 1.82) is 0 Å². The van der Waals surface area contributed by atoms with E-state index in [1.807, 2.05) is 50.2 Å². The molecular formula is C30H37NO7S. The highest BCUT2D eigenvalue weighted by atomic mass is 32.3. The lowest BCUT2D eigenvalue weighted by Crippen LogP contribution is -2.33. The summed E-state index contributed by atoms with van der Waals surface area (Å²) in [7, 11) is -0.118. The second-order valence-electron chi connectivity index (χ2n) is 9.61. The van der Waals surface area contributed by atoms with Gasteiger partial charge in [0.2, 0.25) is 0 Å².